The minimum Gasteiger partial charge on any atom is -0.456 e. The van der Waals surface area contributed by atoms with Gasteiger partial charge in [0.2, 0.25) is 0 Å². The third-order valence-electron chi connectivity index (χ3n) is 15.8. The van der Waals surface area contributed by atoms with Crippen molar-refractivity contribution >= 4 is 101 Å². The Hall–Kier alpha value is -8.44. The summed E-state index contributed by atoms with van der Waals surface area (Å²) in [7, 11) is -2.35. The first kappa shape index (κ1) is 38.6. The molecule has 0 saturated carbocycles. The van der Waals surface area contributed by atoms with Crippen molar-refractivity contribution in [2.75, 3.05) is 4.90 Å². The molecule has 3 heterocycles. The van der Waals surface area contributed by atoms with Crippen molar-refractivity contribution in [3.05, 3.63) is 253 Å². The molecule has 0 radical (unpaired) electrons. The van der Waals surface area contributed by atoms with Gasteiger partial charge in [-0.15, -0.1) is 0 Å². The first-order chi connectivity index (χ1) is 34.0. The summed E-state index contributed by atoms with van der Waals surface area (Å²) < 4.78 is 8.84. The normalized spacial score (nSPS) is 15.6. The Morgan fingerprint density at radius 3 is 1.94 bits per heavy atom. The topological polar surface area (TPSA) is 21.3 Å². The van der Waals surface area contributed by atoms with Crippen LogP contribution in [0.25, 0.3) is 82.1 Å². The molecule has 0 bridgehead atoms. The smallest absolute Gasteiger partial charge is 0.137 e. The van der Waals surface area contributed by atoms with Crippen LogP contribution in [0.3, 0.4) is 0 Å². The van der Waals surface area contributed by atoms with Crippen LogP contribution in [0.1, 0.15) is 22.3 Å². The van der Waals surface area contributed by atoms with E-state index in [1.807, 2.05) is 6.07 Å². The van der Waals surface area contributed by atoms with Crippen LogP contribution >= 0.6 is 0 Å². The zero-order chi connectivity index (χ0) is 45.6. The zero-order valence-corrected chi connectivity index (χ0v) is 39.2. The van der Waals surface area contributed by atoms with Gasteiger partial charge in [0.25, 0.3) is 0 Å². The molecule has 1 aliphatic heterocycles. The SMILES string of the molecule is C[Si]1(C)c2ccccc2C2(c3ccccc3-c3cccc4cccc2c34)c2ccc(N(c3ccc4c(c3)c3ccccc3n4-c3ccc4c(c3)oc3ccccc34)c3cccc4ccccc34)cc21. The maximum Gasteiger partial charge on any atom is 0.137 e. The van der Waals surface area contributed by atoms with Gasteiger partial charge in [-0.3, -0.25) is 0 Å². The highest BCUT2D eigenvalue weighted by molar-refractivity contribution is 7.01. The standard InChI is InChI=1S/C65H44N2OSi/c1-69(2)62-31-12-9-26-54(62)65(53-25-8-5-21-47(53)51-24-13-18-42-19-14-27-56(65)64(42)51)55-36-33-45(40-63(55)69)66(57-29-15-17-41-16-3-4-20-46(41)57)43-34-37-59-52(38-43)48-22-6-10-28-58(48)67(59)44-32-35-50-49-23-7-11-30-60(49)68-61(50)39-44/h3-40H,1-2H3. The predicted molar refractivity (Wildman–Crippen MR) is 292 cm³/mol. The molecule has 0 fully saturated rings. The number of benzene rings is 11. The van der Waals surface area contributed by atoms with Gasteiger partial charge in [0.15, 0.2) is 0 Å². The van der Waals surface area contributed by atoms with Crippen LogP contribution < -0.4 is 15.3 Å². The van der Waals surface area contributed by atoms with Crippen molar-refractivity contribution in [2.24, 2.45) is 0 Å². The molecular weight excluding hydrogens is 853 g/mol. The molecule has 15 rings (SSSR count). The van der Waals surface area contributed by atoms with Gasteiger partial charge in [-0.05, 0) is 121 Å². The lowest BCUT2D eigenvalue weighted by atomic mass is 9.59. The Morgan fingerprint density at radius 2 is 1.03 bits per heavy atom. The minimum atomic E-state index is -2.35. The number of rotatable bonds is 4. The van der Waals surface area contributed by atoms with Crippen molar-refractivity contribution in [3.8, 4) is 16.8 Å². The van der Waals surface area contributed by atoms with Crippen LogP contribution in [-0.4, -0.2) is 12.6 Å². The number of hydrogen-bond acceptors (Lipinski definition) is 2. The molecule has 2 aromatic heterocycles. The number of aromatic nitrogens is 1. The van der Waals surface area contributed by atoms with E-state index in [0.717, 1.165) is 55.7 Å². The highest BCUT2D eigenvalue weighted by atomic mass is 28.3. The van der Waals surface area contributed by atoms with Crippen LogP contribution in [0.5, 0.6) is 0 Å². The summed E-state index contributed by atoms with van der Waals surface area (Å²) in [6.45, 7) is 5.13. The average Bonchev–Trinajstić information content (AvgIpc) is 3.94. The second-order valence-electron chi connectivity index (χ2n) is 19.6. The molecule has 0 saturated heterocycles. The van der Waals surface area contributed by atoms with E-state index >= 15 is 0 Å². The second kappa shape index (κ2) is 14.1. The number of hydrogen-bond donors (Lipinski definition) is 0. The van der Waals surface area contributed by atoms with Crippen molar-refractivity contribution in [1.82, 2.24) is 4.57 Å². The molecule has 1 spiro atoms. The predicted octanol–water partition coefficient (Wildman–Crippen LogP) is 16.0. The lowest BCUT2D eigenvalue weighted by Crippen LogP contribution is -2.63. The maximum atomic E-state index is 6.44. The molecule has 13 aromatic rings. The van der Waals surface area contributed by atoms with Crippen LogP contribution in [0.15, 0.2) is 235 Å². The van der Waals surface area contributed by atoms with E-state index < -0.39 is 13.5 Å². The molecule has 4 heteroatoms. The first-order valence-electron chi connectivity index (χ1n) is 24.1. The summed E-state index contributed by atoms with van der Waals surface area (Å²) in [6.07, 6.45) is 0. The Labute approximate surface area is 400 Å². The van der Waals surface area contributed by atoms with Crippen molar-refractivity contribution < 1.29 is 4.42 Å². The van der Waals surface area contributed by atoms with Crippen LogP contribution in [-0.2, 0) is 5.41 Å². The highest BCUT2D eigenvalue weighted by Gasteiger charge is 2.52. The fraction of sp³-hybridized carbons (Fsp3) is 0.0462. The number of para-hydroxylation sites is 2. The summed E-state index contributed by atoms with van der Waals surface area (Å²) >= 11 is 0. The van der Waals surface area contributed by atoms with Gasteiger partial charge < -0.3 is 13.9 Å². The molecule has 11 aromatic carbocycles. The van der Waals surface area contributed by atoms with E-state index in [9.17, 15) is 0 Å². The van der Waals surface area contributed by atoms with Gasteiger partial charge >= 0.3 is 0 Å². The van der Waals surface area contributed by atoms with Crippen LogP contribution in [0, 0.1) is 0 Å². The Balaban J connectivity index is 0.992. The van der Waals surface area contributed by atoms with E-state index in [4.69, 9.17) is 4.42 Å². The van der Waals surface area contributed by atoms with Gasteiger partial charge in [0.05, 0.1) is 22.1 Å². The summed E-state index contributed by atoms with van der Waals surface area (Å²) in [5.74, 6) is 0. The van der Waals surface area contributed by atoms with Crippen molar-refractivity contribution in [3.63, 3.8) is 0 Å². The van der Waals surface area contributed by atoms with E-state index in [0.29, 0.717) is 0 Å². The van der Waals surface area contributed by atoms with Crippen molar-refractivity contribution in [2.45, 2.75) is 18.5 Å². The lowest BCUT2D eigenvalue weighted by Gasteiger charge is -2.50. The molecule has 1 unspecified atom stereocenters. The Bertz CT molecular complexity index is 4320. The minimum absolute atomic E-state index is 0.506. The molecule has 1 atom stereocenters. The number of nitrogens with zero attached hydrogens (tertiary/aromatic N) is 2. The highest BCUT2D eigenvalue weighted by Crippen LogP contribution is 2.56. The average molecular weight is 897 g/mol. The van der Waals surface area contributed by atoms with Crippen LogP contribution in [0.4, 0.5) is 17.1 Å². The second-order valence-corrected chi connectivity index (χ2v) is 23.9. The Kier molecular flexibility index (Phi) is 7.87. The fourth-order valence-electron chi connectivity index (χ4n) is 12.9. The van der Waals surface area contributed by atoms with Gasteiger partial charge in [-0.1, -0.05) is 177 Å². The van der Waals surface area contributed by atoms with Gasteiger partial charge in [-0.2, -0.15) is 0 Å². The summed E-state index contributed by atoms with van der Waals surface area (Å²) in [6, 6.07) is 86.4. The number of furan rings is 1. The molecule has 0 amide bonds. The summed E-state index contributed by atoms with van der Waals surface area (Å²) in [5, 5.41) is 12.7. The van der Waals surface area contributed by atoms with E-state index in [1.165, 1.54) is 76.1 Å². The number of fused-ring (bicyclic) bond motifs is 15. The molecule has 1 aliphatic carbocycles. The zero-order valence-electron chi connectivity index (χ0n) is 38.2. The fourth-order valence-corrected chi connectivity index (χ4v) is 16.1. The number of anilines is 3. The van der Waals surface area contributed by atoms with Gasteiger partial charge in [0, 0.05) is 50.1 Å². The first-order valence-corrected chi connectivity index (χ1v) is 27.1. The van der Waals surface area contributed by atoms with E-state index in [-0.39, 0.29) is 0 Å². The molecule has 2 aliphatic rings. The molecule has 3 nitrogen and oxygen atoms in total. The summed E-state index contributed by atoms with van der Waals surface area (Å²) in [4.78, 5) is 2.52. The monoisotopic (exact) mass is 896 g/mol. The Morgan fingerprint density at radius 1 is 0.406 bits per heavy atom. The largest absolute Gasteiger partial charge is 0.456 e. The molecule has 0 N–H and O–H groups in total. The molecule has 324 valence electrons. The quantitative estimate of drug-likeness (QED) is 0.164. The van der Waals surface area contributed by atoms with Crippen LogP contribution in [0.2, 0.25) is 13.1 Å². The molecule has 69 heavy (non-hydrogen) atoms. The van der Waals surface area contributed by atoms with Crippen molar-refractivity contribution in [1.29, 1.82) is 0 Å². The third kappa shape index (κ3) is 5.16. The lowest BCUT2D eigenvalue weighted by molar-refractivity contribution is 0.668. The summed E-state index contributed by atoms with van der Waals surface area (Å²) in [5.41, 5.74) is 16.3. The third-order valence-corrected chi connectivity index (χ3v) is 19.4. The van der Waals surface area contributed by atoms with Gasteiger partial charge in [-0.25, -0.2) is 0 Å². The molecular formula is C65H44N2OSi. The van der Waals surface area contributed by atoms with E-state index in [1.54, 1.807) is 0 Å². The van der Waals surface area contributed by atoms with E-state index in [2.05, 4.69) is 247 Å². The maximum absolute atomic E-state index is 6.44. The van der Waals surface area contributed by atoms with Gasteiger partial charge in [0.1, 0.15) is 19.2 Å².